The summed E-state index contributed by atoms with van der Waals surface area (Å²) < 4.78 is 43.8. The van der Waals surface area contributed by atoms with Gasteiger partial charge in [-0.25, -0.2) is 13.2 Å². The van der Waals surface area contributed by atoms with Crippen molar-refractivity contribution in [2.45, 2.75) is 50.0 Å². The first-order chi connectivity index (χ1) is 16.7. The molecule has 10 heteroatoms. The summed E-state index contributed by atoms with van der Waals surface area (Å²) in [6, 6.07) is 9.15. The van der Waals surface area contributed by atoms with Gasteiger partial charge in [0.1, 0.15) is 0 Å². The highest BCUT2D eigenvalue weighted by atomic mass is 32.2. The van der Waals surface area contributed by atoms with Gasteiger partial charge >= 0.3 is 5.97 Å². The van der Waals surface area contributed by atoms with Crippen molar-refractivity contribution in [2.75, 3.05) is 33.2 Å². The predicted octanol–water partition coefficient (Wildman–Crippen LogP) is 3.76. The summed E-state index contributed by atoms with van der Waals surface area (Å²) >= 11 is 0. The second-order valence-electron chi connectivity index (χ2n) is 8.45. The standard InChI is InChI=1S/C25H32N2O7S/c1-17-10-12-19(13-11-17)35(30,31)27(18-8-6-5-7-9-18)16-24(28)26-21-15-23(33-3)22(32-2)14-20(21)25(29)34-4/h10-15,18H,5-9,16H2,1-4H3,(H,26,28). The molecule has 1 saturated carbocycles. The van der Waals surface area contributed by atoms with Crippen molar-refractivity contribution < 1.29 is 32.2 Å². The van der Waals surface area contributed by atoms with Gasteiger partial charge in [0, 0.05) is 18.2 Å². The molecule has 0 unspecified atom stereocenters. The first kappa shape index (κ1) is 26.5. The summed E-state index contributed by atoms with van der Waals surface area (Å²) in [6.45, 7) is 1.49. The van der Waals surface area contributed by atoms with Crippen LogP contribution in [0.3, 0.4) is 0 Å². The van der Waals surface area contributed by atoms with Gasteiger partial charge in [0.2, 0.25) is 15.9 Å². The zero-order valence-electron chi connectivity index (χ0n) is 20.5. The third-order valence-corrected chi connectivity index (χ3v) is 8.02. The smallest absolute Gasteiger partial charge is 0.340 e. The Labute approximate surface area is 206 Å². The van der Waals surface area contributed by atoms with Crippen molar-refractivity contribution >= 4 is 27.6 Å². The lowest BCUT2D eigenvalue weighted by Crippen LogP contribution is -2.45. The van der Waals surface area contributed by atoms with E-state index in [1.807, 2.05) is 6.92 Å². The Morgan fingerprint density at radius 2 is 1.57 bits per heavy atom. The van der Waals surface area contributed by atoms with Gasteiger partial charge in [-0.3, -0.25) is 4.79 Å². The van der Waals surface area contributed by atoms with Crippen molar-refractivity contribution in [1.82, 2.24) is 4.31 Å². The monoisotopic (exact) mass is 504 g/mol. The molecule has 0 aliphatic heterocycles. The molecular formula is C25H32N2O7S. The van der Waals surface area contributed by atoms with E-state index in [0.717, 1.165) is 24.8 Å². The van der Waals surface area contributed by atoms with Crippen LogP contribution in [0.15, 0.2) is 41.3 Å². The molecule has 0 saturated heterocycles. The zero-order chi connectivity index (χ0) is 25.6. The molecule has 35 heavy (non-hydrogen) atoms. The molecule has 0 atom stereocenters. The molecule has 0 bridgehead atoms. The van der Waals surface area contributed by atoms with Gasteiger partial charge in [0.05, 0.1) is 44.0 Å². The van der Waals surface area contributed by atoms with Gasteiger partial charge in [-0.2, -0.15) is 4.31 Å². The summed E-state index contributed by atoms with van der Waals surface area (Å²) in [5.41, 5.74) is 1.13. The molecule has 1 N–H and O–H groups in total. The molecule has 9 nitrogen and oxygen atoms in total. The summed E-state index contributed by atoms with van der Waals surface area (Å²) in [4.78, 5) is 25.7. The molecule has 0 heterocycles. The second kappa shape index (κ2) is 11.5. The fraction of sp³-hybridized carbons (Fsp3) is 0.440. The Kier molecular flexibility index (Phi) is 8.74. The molecule has 2 aromatic rings. The third kappa shape index (κ3) is 6.12. The maximum absolute atomic E-state index is 13.6. The topological polar surface area (TPSA) is 111 Å². The number of hydrogen-bond donors (Lipinski definition) is 1. The average Bonchev–Trinajstić information content (AvgIpc) is 2.87. The third-order valence-electron chi connectivity index (χ3n) is 6.11. The van der Waals surface area contributed by atoms with E-state index >= 15 is 0 Å². The number of nitrogens with one attached hydrogen (secondary N) is 1. The van der Waals surface area contributed by atoms with Gasteiger partial charge in [0.25, 0.3) is 0 Å². The molecule has 1 aliphatic rings. The first-order valence-electron chi connectivity index (χ1n) is 11.4. The van der Waals surface area contributed by atoms with Gasteiger partial charge in [-0.15, -0.1) is 0 Å². The van der Waals surface area contributed by atoms with Crippen molar-refractivity contribution in [3.63, 3.8) is 0 Å². The Morgan fingerprint density at radius 1 is 0.971 bits per heavy atom. The molecular weight excluding hydrogens is 472 g/mol. The number of rotatable bonds is 9. The number of methoxy groups -OCH3 is 3. The lowest BCUT2D eigenvalue weighted by atomic mass is 9.95. The number of anilines is 1. The van der Waals surface area contributed by atoms with E-state index in [4.69, 9.17) is 14.2 Å². The molecule has 2 aromatic carbocycles. The highest BCUT2D eigenvalue weighted by Gasteiger charge is 2.34. The van der Waals surface area contributed by atoms with Crippen LogP contribution in [0.1, 0.15) is 48.0 Å². The summed E-state index contributed by atoms with van der Waals surface area (Å²) in [7, 11) is 0.159. The predicted molar refractivity (Wildman–Crippen MR) is 131 cm³/mol. The molecule has 0 spiro atoms. The Bertz CT molecular complexity index is 1160. The van der Waals surface area contributed by atoms with E-state index in [2.05, 4.69) is 5.32 Å². The summed E-state index contributed by atoms with van der Waals surface area (Å²) in [5.74, 6) is -0.676. The number of aryl methyl sites for hydroxylation is 1. The lowest BCUT2D eigenvalue weighted by Gasteiger charge is -2.33. The van der Waals surface area contributed by atoms with Crippen LogP contribution in [0.5, 0.6) is 11.5 Å². The fourth-order valence-electron chi connectivity index (χ4n) is 4.22. The minimum Gasteiger partial charge on any atom is -0.493 e. The molecule has 1 aliphatic carbocycles. The minimum absolute atomic E-state index is 0.0594. The normalized spacial score (nSPS) is 14.4. The average molecular weight is 505 g/mol. The largest absolute Gasteiger partial charge is 0.493 e. The van der Waals surface area contributed by atoms with Crippen molar-refractivity contribution in [1.29, 1.82) is 0 Å². The Hall–Kier alpha value is -3.11. The van der Waals surface area contributed by atoms with Crippen LogP contribution >= 0.6 is 0 Å². The zero-order valence-corrected chi connectivity index (χ0v) is 21.3. The minimum atomic E-state index is -3.92. The molecule has 1 amide bonds. The maximum atomic E-state index is 13.6. The summed E-state index contributed by atoms with van der Waals surface area (Å²) in [5, 5.41) is 2.67. The van der Waals surface area contributed by atoms with Crippen LogP contribution in [-0.2, 0) is 19.6 Å². The quantitative estimate of drug-likeness (QED) is 0.518. The van der Waals surface area contributed by atoms with Crippen molar-refractivity contribution in [3.8, 4) is 11.5 Å². The molecule has 1 fully saturated rings. The fourth-order valence-corrected chi connectivity index (χ4v) is 5.86. The van der Waals surface area contributed by atoms with E-state index in [1.165, 1.54) is 37.8 Å². The summed E-state index contributed by atoms with van der Waals surface area (Å²) in [6.07, 6.45) is 4.20. The number of carbonyl (C=O) groups excluding carboxylic acids is 2. The van der Waals surface area contributed by atoms with Gasteiger partial charge < -0.3 is 19.5 Å². The van der Waals surface area contributed by atoms with Crippen LogP contribution in [0.25, 0.3) is 0 Å². The van der Waals surface area contributed by atoms with Crippen molar-refractivity contribution in [2.24, 2.45) is 0 Å². The van der Waals surface area contributed by atoms with Crippen LogP contribution in [0, 0.1) is 6.92 Å². The van der Waals surface area contributed by atoms with Crippen LogP contribution in [0.4, 0.5) is 5.69 Å². The maximum Gasteiger partial charge on any atom is 0.340 e. The number of ether oxygens (including phenoxy) is 3. The van der Waals surface area contributed by atoms with E-state index in [-0.39, 0.29) is 27.9 Å². The van der Waals surface area contributed by atoms with E-state index in [1.54, 1.807) is 24.3 Å². The van der Waals surface area contributed by atoms with Crippen LogP contribution < -0.4 is 14.8 Å². The SMILES string of the molecule is COC(=O)c1cc(OC)c(OC)cc1NC(=O)CN(C1CCCCC1)S(=O)(=O)c1ccc(C)cc1. The number of amides is 1. The highest BCUT2D eigenvalue weighted by molar-refractivity contribution is 7.89. The van der Waals surface area contributed by atoms with Crippen molar-refractivity contribution in [3.05, 3.63) is 47.5 Å². The van der Waals surface area contributed by atoms with Crippen LogP contribution in [-0.4, -0.2) is 58.5 Å². The number of hydrogen-bond acceptors (Lipinski definition) is 7. The number of nitrogens with zero attached hydrogens (tertiary/aromatic N) is 1. The Balaban J connectivity index is 1.93. The molecule has 190 valence electrons. The first-order valence-corrected chi connectivity index (χ1v) is 12.9. The second-order valence-corrected chi connectivity index (χ2v) is 10.3. The van der Waals surface area contributed by atoms with Gasteiger partial charge in [-0.1, -0.05) is 37.0 Å². The number of sulfonamides is 1. The van der Waals surface area contributed by atoms with E-state index in [9.17, 15) is 18.0 Å². The molecule has 0 aromatic heterocycles. The van der Waals surface area contributed by atoms with Gasteiger partial charge in [0.15, 0.2) is 11.5 Å². The Morgan fingerprint density at radius 3 is 2.14 bits per heavy atom. The number of esters is 1. The van der Waals surface area contributed by atoms with E-state index < -0.39 is 28.4 Å². The number of benzene rings is 2. The molecule has 0 radical (unpaired) electrons. The highest BCUT2D eigenvalue weighted by Crippen LogP contribution is 2.34. The van der Waals surface area contributed by atoms with Gasteiger partial charge in [-0.05, 0) is 31.9 Å². The lowest BCUT2D eigenvalue weighted by molar-refractivity contribution is -0.116. The van der Waals surface area contributed by atoms with Crippen LogP contribution in [0.2, 0.25) is 0 Å². The van der Waals surface area contributed by atoms with E-state index in [0.29, 0.717) is 18.6 Å². The number of carbonyl (C=O) groups is 2. The molecule has 3 rings (SSSR count).